The Balaban J connectivity index is 1.38. The van der Waals surface area contributed by atoms with Gasteiger partial charge in [0.15, 0.2) is 33.6 Å². The highest BCUT2D eigenvalue weighted by molar-refractivity contribution is 9.10. The molecule has 0 spiro atoms. The number of hydrogen-bond acceptors (Lipinski definition) is 10. The molecule has 0 amide bonds. The number of carbonyl (C=O) groups is 1. The molecule has 2 aliphatic rings. The lowest BCUT2D eigenvalue weighted by Gasteiger charge is -2.35. The van der Waals surface area contributed by atoms with E-state index in [1.54, 1.807) is 0 Å². The summed E-state index contributed by atoms with van der Waals surface area (Å²) in [5, 5.41) is 0.760. The summed E-state index contributed by atoms with van der Waals surface area (Å²) in [5.41, 5.74) is 6.94. The molecule has 198 valence electrons. The van der Waals surface area contributed by atoms with E-state index in [0.717, 1.165) is 46.8 Å². The van der Waals surface area contributed by atoms with Crippen LogP contribution in [0, 0.1) is 0 Å². The van der Waals surface area contributed by atoms with E-state index >= 15 is 0 Å². The summed E-state index contributed by atoms with van der Waals surface area (Å²) in [5.74, 6) is 1.58. The van der Waals surface area contributed by atoms with Crippen molar-refractivity contribution < 1.29 is 19.0 Å². The molecule has 37 heavy (non-hydrogen) atoms. The number of ether oxygens (including phenoxy) is 3. The van der Waals surface area contributed by atoms with Gasteiger partial charge in [-0.25, -0.2) is 15.0 Å². The molecule has 4 heterocycles. The summed E-state index contributed by atoms with van der Waals surface area (Å²) in [6.07, 6.45) is 5.56. The van der Waals surface area contributed by atoms with Gasteiger partial charge in [-0.1, -0.05) is 18.2 Å². The second kappa shape index (κ2) is 10.7. The number of hydrogen-bond donors (Lipinski definition) is 1. The van der Waals surface area contributed by atoms with Crippen molar-refractivity contribution in [1.82, 2.24) is 24.4 Å². The van der Waals surface area contributed by atoms with Crippen LogP contribution in [0.15, 0.2) is 33.0 Å². The molecule has 0 radical (unpaired) electrons. The van der Waals surface area contributed by atoms with Gasteiger partial charge in [0.05, 0.1) is 6.54 Å². The van der Waals surface area contributed by atoms with Crippen molar-refractivity contribution in [3.8, 4) is 11.5 Å². The maximum absolute atomic E-state index is 12.6. The molecular formula is C25H31BrN6O4S. The smallest absolute Gasteiger partial charge is 0.320 e. The zero-order valence-corrected chi connectivity index (χ0v) is 23.6. The Kier molecular flexibility index (Phi) is 7.51. The van der Waals surface area contributed by atoms with Gasteiger partial charge < -0.3 is 24.5 Å². The summed E-state index contributed by atoms with van der Waals surface area (Å²) < 4.78 is 19.6. The number of aromatic nitrogens is 4. The molecule has 1 fully saturated rings. The Morgan fingerprint density at radius 1 is 1.24 bits per heavy atom. The number of halogens is 1. The number of aryl methyl sites for hydroxylation is 1. The number of fused-ring (bicyclic) bond motifs is 2. The fourth-order valence-electron chi connectivity index (χ4n) is 4.70. The summed E-state index contributed by atoms with van der Waals surface area (Å²) in [6, 6.07) is 4.11. The van der Waals surface area contributed by atoms with Crippen molar-refractivity contribution in [2.75, 3.05) is 25.6 Å². The molecule has 10 nitrogen and oxygen atoms in total. The molecule has 3 aromatic rings. The second-order valence-electron chi connectivity index (χ2n) is 10.2. The maximum atomic E-state index is 12.6. The number of nitrogens with zero attached hydrogens (tertiary/aromatic N) is 5. The first-order valence-corrected chi connectivity index (χ1v) is 14.0. The van der Waals surface area contributed by atoms with Crippen LogP contribution < -0.4 is 15.2 Å². The van der Waals surface area contributed by atoms with Crippen LogP contribution in [0.3, 0.4) is 0 Å². The van der Waals surface area contributed by atoms with Gasteiger partial charge >= 0.3 is 5.97 Å². The largest absolute Gasteiger partial charge is 0.459 e. The van der Waals surface area contributed by atoms with E-state index in [-0.39, 0.29) is 18.8 Å². The minimum absolute atomic E-state index is 0.183. The normalized spacial score (nSPS) is 17.9. The fourth-order valence-corrected chi connectivity index (χ4v) is 6.21. The van der Waals surface area contributed by atoms with Gasteiger partial charge in [-0.05, 0) is 74.6 Å². The van der Waals surface area contributed by atoms with Gasteiger partial charge in [-0.3, -0.25) is 9.69 Å². The number of likely N-dealkylation sites (tertiary alicyclic amines) is 1. The minimum Gasteiger partial charge on any atom is -0.459 e. The Hall–Kier alpha value is -2.57. The fraction of sp³-hybridized carbons (Fsp3) is 0.520. The molecule has 1 aromatic carbocycles. The summed E-state index contributed by atoms with van der Waals surface area (Å²) in [7, 11) is 0. The van der Waals surface area contributed by atoms with Crippen LogP contribution in [0.4, 0.5) is 5.82 Å². The third-order valence-corrected chi connectivity index (χ3v) is 8.31. The number of nitrogens with two attached hydrogens (primary N) is 1. The number of rotatable bonds is 7. The Morgan fingerprint density at radius 2 is 2.03 bits per heavy atom. The van der Waals surface area contributed by atoms with E-state index in [0.29, 0.717) is 41.6 Å². The van der Waals surface area contributed by atoms with E-state index in [2.05, 4.69) is 35.4 Å². The lowest BCUT2D eigenvalue weighted by atomic mass is 9.99. The molecule has 1 saturated heterocycles. The first-order chi connectivity index (χ1) is 17.7. The topological polar surface area (TPSA) is 118 Å². The molecule has 5 rings (SSSR count). The number of carbonyl (C=O) groups excluding carboxylic acids is 1. The highest BCUT2D eigenvalue weighted by Gasteiger charge is 2.28. The van der Waals surface area contributed by atoms with Crippen LogP contribution in [-0.2, 0) is 16.1 Å². The van der Waals surface area contributed by atoms with Crippen molar-refractivity contribution in [3.05, 3.63) is 22.9 Å². The SMILES string of the molecule is CC(C)(C)OC(=O)CN1CCCCC1CCn1c(Sc2cc3c(cc2Br)OCO3)nc2c(N)ncnc21. The Bertz CT molecular complexity index is 1310. The summed E-state index contributed by atoms with van der Waals surface area (Å²) in [4.78, 5) is 29.2. The third kappa shape index (κ3) is 5.96. The van der Waals surface area contributed by atoms with Gasteiger partial charge in [-0.2, -0.15) is 0 Å². The van der Waals surface area contributed by atoms with Crippen molar-refractivity contribution in [2.24, 2.45) is 0 Å². The summed E-state index contributed by atoms with van der Waals surface area (Å²) >= 11 is 5.15. The summed E-state index contributed by atoms with van der Waals surface area (Å²) in [6.45, 7) is 7.76. The van der Waals surface area contributed by atoms with Gasteiger partial charge in [-0.15, -0.1) is 0 Å². The van der Waals surface area contributed by atoms with E-state index in [4.69, 9.17) is 24.9 Å². The predicted molar refractivity (Wildman–Crippen MR) is 144 cm³/mol. The lowest BCUT2D eigenvalue weighted by Crippen LogP contribution is -2.44. The molecule has 2 aliphatic heterocycles. The molecular weight excluding hydrogens is 560 g/mol. The molecule has 0 saturated carbocycles. The van der Waals surface area contributed by atoms with E-state index in [1.807, 2.05) is 32.9 Å². The van der Waals surface area contributed by atoms with Crippen LogP contribution in [0.25, 0.3) is 11.2 Å². The predicted octanol–water partition coefficient (Wildman–Crippen LogP) is 4.64. The number of piperidine rings is 1. The van der Waals surface area contributed by atoms with E-state index in [9.17, 15) is 4.79 Å². The number of benzene rings is 1. The van der Waals surface area contributed by atoms with Crippen LogP contribution in [0.1, 0.15) is 46.5 Å². The molecule has 12 heteroatoms. The minimum atomic E-state index is -0.493. The van der Waals surface area contributed by atoms with Crippen molar-refractivity contribution in [2.45, 2.75) is 74.7 Å². The van der Waals surface area contributed by atoms with Gasteiger partial charge in [0.2, 0.25) is 6.79 Å². The number of anilines is 1. The molecule has 2 N–H and O–H groups in total. The van der Waals surface area contributed by atoms with Crippen LogP contribution in [-0.4, -0.2) is 61.9 Å². The van der Waals surface area contributed by atoms with E-state index in [1.165, 1.54) is 18.1 Å². The van der Waals surface area contributed by atoms with Gasteiger partial charge in [0.25, 0.3) is 0 Å². The lowest BCUT2D eigenvalue weighted by molar-refractivity contribution is -0.157. The zero-order valence-electron chi connectivity index (χ0n) is 21.2. The second-order valence-corrected chi connectivity index (χ2v) is 12.1. The average molecular weight is 592 g/mol. The molecule has 1 unspecified atom stereocenters. The van der Waals surface area contributed by atoms with Crippen molar-refractivity contribution in [1.29, 1.82) is 0 Å². The molecule has 1 atom stereocenters. The molecule has 0 bridgehead atoms. The number of esters is 1. The first-order valence-electron chi connectivity index (χ1n) is 12.4. The van der Waals surface area contributed by atoms with Gasteiger partial charge in [0.1, 0.15) is 11.9 Å². The quantitative estimate of drug-likeness (QED) is 0.390. The zero-order chi connectivity index (χ0) is 26.2. The highest BCUT2D eigenvalue weighted by atomic mass is 79.9. The van der Waals surface area contributed by atoms with Crippen LogP contribution in [0.5, 0.6) is 11.5 Å². The van der Waals surface area contributed by atoms with Crippen LogP contribution in [0.2, 0.25) is 0 Å². The van der Waals surface area contributed by atoms with Crippen LogP contribution >= 0.6 is 27.7 Å². The monoisotopic (exact) mass is 590 g/mol. The standard InChI is InChI=1S/C25H31BrN6O4S/c1-25(2,3)36-20(33)12-31-8-5-4-6-15(31)7-9-32-23-21(22(27)28-13-29-23)30-24(32)37-19-11-18-17(10-16(19)26)34-14-35-18/h10-11,13,15H,4-9,12,14H2,1-3H3,(H2,27,28,29). The Morgan fingerprint density at radius 3 is 2.81 bits per heavy atom. The maximum Gasteiger partial charge on any atom is 0.320 e. The Labute approximate surface area is 228 Å². The van der Waals surface area contributed by atoms with Crippen molar-refractivity contribution >= 4 is 50.6 Å². The average Bonchev–Trinajstić information content (AvgIpc) is 3.42. The number of imidazole rings is 1. The number of nitrogen functional groups attached to an aromatic ring is 1. The van der Waals surface area contributed by atoms with Gasteiger partial charge in [0, 0.05) is 22.0 Å². The van der Waals surface area contributed by atoms with E-state index < -0.39 is 5.60 Å². The molecule has 2 aromatic heterocycles. The molecule has 0 aliphatic carbocycles. The first kappa shape index (κ1) is 26.1. The van der Waals surface area contributed by atoms with Crippen molar-refractivity contribution in [3.63, 3.8) is 0 Å². The highest BCUT2D eigenvalue weighted by Crippen LogP contribution is 2.43. The third-order valence-electron chi connectivity index (χ3n) is 6.34.